The van der Waals surface area contributed by atoms with Gasteiger partial charge in [-0.3, -0.25) is 9.69 Å². The van der Waals surface area contributed by atoms with E-state index in [1.165, 1.54) is 0 Å². The van der Waals surface area contributed by atoms with E-state index in [-0.39, 0.29) is 6.04 Å². The maximum absolute atomic E-state index is 11.4. The SMILES string of the molecule is CC(C)CC(C(=O)O)N(C)C(C)c1ccccc1. The second-order valence-electron chi connectivity index (χ2n) is 5.24. The topological polar surface area (TPSA) is 40.5 Å². The van der Waals surface area contributed by atoms with Crippen molar-refractivity contribution in [2.45, 2.75) is 39.3 Å². The summed E-state index contributed by atoms with van der Waals surface area (Å²) in [5, 5.41) is 9.35. The first-order chi connectivity index (χ1) is 8.43. The Morgan fingerprint density at radius 1 is 1.22 bits per heavy atom. The van der Waals surface area contributed by atoms with Crippen molar-refractivity contribution in [3.8, 4) is 0 Å². The standard InChI is InChI=1S/C15H23NO2/c1-11(2)10-14(15(17)18)16(4)12(3)13-8-6-5-7-9-13/h5-9,11-12,14H,10H2,1-4H3,(H,17,18). The first-order valence-electron chi connectivity index (χ1n) is 6.43. The minimum absolute atomic E-state index is 0.103. The maximum atomic E-state index is 11.4. The second kappa shape index (κ2) is 6.55. The molecule has 0 fully saturated rings. The van der Waals surface area contributed by atoms with Crippen LogP contribution in [0.1, 0.15) is 38.8 Å². The largest absolute Gasteiger partial charge is 0.480 e. The molecule has 2 unspecified atom stereocenters. The zero-order valence-electron chi connectivity index (χ0n) is 11.6. The van der Waals surface area contributed by atoms with E-state index in [9.17, 15) is 9.90 Å². The van der Waals surface area contributed by atoms with Crippen molar-refractivity contribution >= 4 is 5.97 Å². The Morgan fingerprint density at radius 3 is 2.22 bits per heavy atom. The molecule has 1 aromatic rings. The van der Waals surface area contributed by atoms with Crippen LogP contribution in [0.3, 0.4) is 0 Å². The fourth-order valence-corrected chi connectivity index (χ4v) is 2.12. The molecule has 0 aromatic heterocycles. The van der Waals surface area contributed by atoms with Gasteiger partial charge >= 0.3 is 5.97 Å². The number of carboxylic acid groups (broad SMARTS) is 1. The molecule has 0 aliphatic heterocycles. The van der Waals surface area contributed by atoms with Crippen LogP contribution in [0.5, 0.6) is 0 Å². The van der Waals surface area contributed by atoms with Crippen LogP contribution in [0.4, 0.5) is 0 Å². The molecule has 0 saturated carbocycles. The molecule has 3 nitrogen and oxygen atoms in total. The number of hydrogen-bond acceptors (Lipinski definition) is 2. The van der Waals surface area contributed by atoms with Crippen LogP contribution in [-0.4, -0.2) is 29.1 Å². The van der Waals surface area contributed by atoms with Crippen LogP contribution in [0, 0.1) is 5.92 Å². The smallest absolute Gasteiger partial charge is 0.320 e. The minimum atomic E-state index is -0.742. The molecule has 0 saturated heterocycles. The van der Waals surface area contributed by atoms with Crippen molar-refractivity contribution in [3.63, 3.8) is 0 Å². The zero-order valence-corrected chi connectivity index (χ0v) is 11.6. The van der Waals surface area contributed by atoms with Gasteiger partial charge in [-0.1, -0.05) is 44.2 Å². The van der Waals surface area contributed by atoms with Gasteiger partial charge in [-0.15, -0.1) is 0 Å². The van der Waals surface area contributed by atoms with Crippen LogP contribution < -0.4 is 0 Å². The van der Waals surface area contributed by atoms with Gasteiger partial charge in [0.05, 0.1) is 0 Å². The molecule has 100 valence electrons. The number of aliphatic carboxylic acids is 1. The fraction of sp³-hybridized carbons (Fsp3) is 0.533. The minimum Gasteiger partial charge on any atom is -0.480 e. The molecule has 0 heterocycles. The van der Waals surface area contributed by atoms with Gasteiger partial charge < -0.3 is 5.11 Å². The highest BCUT2D eigenvalue weighted by Crippen LogP contribution is 2.23. The molecule has 0 bridgehead atoms. The summed E-state index contributed by atoms with van der Waals surface area (Å²) in [7, 11) is 1.89. The van der Waals surface area contributed by atoms with Crippen molar-refractivity contribution in [2.75, 3.05) is 7.05 Å². The molecule has 1 N–H and O–H groups in total. The molecule has 1 aromatic carbocycles. The molecule has 0 radical (unpaired) electrons. The molecule has 0 spiro atoms. The number of rotatable bonds is 6. The van der Waals surface area contributed by atoms with Crippen LogP contribution in [0.25, 0.3) is 0 Å². The molecule has 0 aliphatic carbocycles. The Kier molecular flexibility index (Phi) is 5.35. The first-order valence-corrected chi connectivity index (χ1v) is 6.43. The third-order valence-corrected chi connectivity index (χ3v) is 3.36. The van der Waals surface area contributed by atoms with Gasteiger partial charge in [0.25, 0.3) is 0 Å². The zero-order chi connectivity index (χ0) is 13.7. The molecular formula is C15H23NO2. The maximum Gasteiger partial charge on any atom is 0.320 e. The Bertz CT molecular complexity index is 375. The van der Waals surface area contributed by atoms with E-state index in [0.29, 0.717) is 12.3 Å². The van der Waals surface area contributed by atoms with E-state index in [2.05, 4.69) is 13.8 Å². The van der Waals surface area contributed by atoms with E-state index >= 15 is 0 Å². The molecule has 0 amide bonds. The average Bonchev–Trinajstić information content (AvgIpc) is 2.34. The van der Waals surface area contributed by atoms with Crippen LogP contribution >= 0.6 is 0 Å². The summed E-state index contributed by atoms with van der Waals surface area (Å²) in [4.78, 5) is 13.3. The van der Waals surface area contributed by atoms with Crippen molar-refractivity contribution in [1.29, 1.82) is 0 Å². The normalized spacial score (nSPS) is 14.8. The monoisotopic (exact) mass is 249 g/mol. The highest BCUT2D eigenvalue weighted by molar-refractivity contribution is 5.73. The highest BCUT2D eigenvalue weighted by Gasteiger charge is 2.27. The summed E-state index contributed by atoms with van der Waals surface area (Å²) >= 11 is 0. The first kappa shape index (κ1) is 14.7. The predicted octanol–water partition coefficient (Wildman–Crippen LogP) is 3.18. The van der Waals surface area contributed by atoms with E-state index in [0.717, 1.165) is 5.56 Å². The van der Waals surface area contributed by atoms with E-state index in [1.54, 1.807) is 0 Å². The summed E-state index contributed by atoms with van der Waals surface area (Å²) < 4.78 is 0. The lowest BCUT2D eigenvalue weighted by molar-refractivity contribution is -0.144. The number of nitrogens with zero attached hydrogens (tertiary/aromatic N) is 1. The molecular weight excluding hydrogens is 226 g/mol. The van der Waals surface area contributed by atoms with Crippen LogP contribution in [0.15, 0.2) is 30.3 Å². The third-order valence-electron chi connectivity index (χ3n) is 3.36. The highest BCUT2D eigenvalue weighted by atomic mass is 16.4. The summed E-state index contributed by atoms with van der Waals surface area (Å²) in [5.74, 6) is -0.370. The summed E-state index contributed by atoms with van der Waals surface area (Å²) in [6, 6.07) is 9.69. The van der Waals surface area contributed by atoms with Crippen LogP contribution in [-0.2, 0) is 4.79 Å². The van der Waals surface area contributed by atoms with E-state index in [1.807, 2.05) is 49.2 Å². The van der Waals surface area contributed by atoms with E-state index in [4.69, 9.17) is 0 Å². The Labute approximate surface area is 109 Å². The molecule has 1 rings (SSSR count). The lowest BCUT2D eigenvalue weighted by Crippen LogP contribution is -2.40. The van der Waals surface area contributed by atoms with Crippen molar-refractivity contribution in [2.24, 2.45) is 5.92 Å². The molecule has 3 heteroatoms. The summed E-state index contributed by atoms with van der Waals surface area (Å²) in [6.07, 6.45) is 0.670. The lowest BCUT2D eigenvalue weighted by Gasteiger charge is -2.31. The van der Waals surface area contributed by atoms with Gasteiger partial charge in [0.15, 0.2) is 0 Å². The Balaban J connectivity index is 2.83. The van der Waals surface area contributed by atoms with Gasteiger partial charge in [0.2, 0.25) is 0 Å². The molecule has 0 aliphatic rings. The van der Waals surface area contributed by atoms with Gasteiger partial charge in [-0.25, -0.2) is 0 Å². The molecule has 18 heavy (non-hydrogen) atoms. The van der Waals surface area contributed by atoms with Crippen molar-refractivity contribution in [3.05, 3.63) is 35.9 Å². The number of benzene rings is 1. The number of carbonyl (C=O) groups is 1. The predicted molar refractivity (Wildman–Crippen MR) is 73.5 cm³/mol. The van der Waals surface area contributed by atoms with E-state index < -0.39 is 12.0 Å². The Hall–Kier alpha value is -1.35. The van der Waals surface area contributed by atoms with Gasteiger partial charge in [0.1, 0.15) is 6.04 Å². The summed E-state index contributed by atoms with van der Waals surface area (Å²) in [6.45, 7) is 6.15. The number of likely N-dealkylation sites (N-methyl/N-ethyl adjacent to an activating group) is 1. The second-order valence-corrected chi connectivity index (χ2v) is 5.24. The average molecular weight is 249 g/mol. The van der Waals surface area contributed by atoms with Crippen molar-refractivity contribution < 1.29 is 9.90 Å². The van der Waals surface area contributed by atoms with Gasteiger partial charge in [-0.2, -0.15) is 0 Å². The number of hydrogen-bond donors (Lipinski definition) is 1. The van der Waals surface area contributed by atoms with Crippen LogP contribution in [0.2, 0.25) is 0 Å². The van der Waals surface area contributed by atoms with Gasteiger partial charge in [-0.05, 0) is 31.9 Å². The van der Waals surface area contributed by atoms with Gasteiger partial charge in [0, 0.05) is 6.04 Å². The number of carboxylic acids is 1. The lowest BCUT2D eigenvalue weighted by atomic mass is 9.99. The summed E-state index contributed by atoms with van der Waals surface area (Å²) in [5.41, 5.74) is 1.15. The quantitative estimate of drug-likeness (QED) is 0.841. The fourth-order valence-electron chi connectivity index (χ4n) is 2.12. The van der Waals surface area contributed by atoms with Crippen molar-refractivity contribution in [1.82, 2.24) is 4.90 Å². The Morgan fingerprint density at radius 2 is 1.78 bits per heavy atom. The molecule has 2 atom stereocenters. The third kappa shape index (κ3) is 3.84.